The fourth-order valence-electron chi connectivity index (χ4n) is 19.8. The first-order chi connectivity index (χ1) is 58.6. The van der Waals surface area contributed by atoms with Gasteiger partial charge in [-0.2, -0.15) is 0 Å². The first kappa shape index (κ1) is 66.2. The Morgan fingerprint density at radius 1 is 0.178 bits per heavy atom. The minimum absolute atomic E-state index is 0.165. The van der Waals surface area contributed by atoms with E-state index in [1.54, 1.807) is 0 Å². The lowest BCUT2D eigenvalue weighted by Gasteiger charge is -2.33. The van der Waals surface area contributed by atoms with Crippen LogP contribution in [0.25, 0.3) is 98.9 Å². The number of nitrogens with zero attached hydrogens (tertiary/aromatic N) is 4. The normalized spacial score (nSPS) is 13.1. The van der Waals surface area contributed by atoms with Crippen LogP contribution in [0.5, 0.6) is 23.0 Å². The van der Waals surface area contributed by atoms with Crippen LogP contribution in [0, 0.1) is 0 Å². The molecule has 0 fully saturated rings. The van der Waals surface area contributed by atoms with E-state index >= 15 is 0 Å². The zero-order valence-electron chi connectivity index (χ0n) is 63.5. The topological polar surface area (TPSA) is 87.4 Å². The van der Waals surface area contributed by atoms with Crippen molar-refractivity contribution in [2.75, 3.05) is 9.80 Å². The molecule has 0 unspecified atom stereocenters. The Balaban J connectivity index is 0.000000132. The molecule has 0 spiro atoms. The molecule has 4 aliphatic heterocycles. The molecule has 6 aromatic heterocycles. The molecule has 16 aromatic carbocycles. The number of hydrogen-bond acceptors (Lipinski definition) is 8. The van der Waals surface area contributed by atoms with Crippen molar-refractivity contribution in [2.24, 2.45) is 0 Å². The molecule has 548 valence electrons. The standard InChI is InChI=1S/C52H32B2N2O4.C52H32B2N2O2/c1-7-19-43-37(13-1)49-51(59-43)54(34-27-31-36(32-28-34)56-41-17-5-11-23-47(41)58-48-24-12-6-18-42(48)56)50-38-14-2-8-20-44(38)60-52(50)53(49)33-25-29-35(30-26-33)55-39-15-3-9-21-45(39)57-46-22-10-4-16-40(46)55;1-7-19-43-37(13-1)38-14-2-8-20-44(38)55(43)35-29-25-33(26-30-35)53-49-41-17-5-11-23-47(41)58-52(49)54(50-42-18-6-12-24-48(42)57-51(50)53)34-27-31-36(32-28-34)56-45-21-9-3-15-39(45)40-16-4-10-22-46(40)56/h1-32H;1-32H. The Labute approximate surface area is 679 Å². The van der Waals surface area contributed by atoms with Gasteiger partial charge in [-0.3, -0.25) is 0 Å². The van der Waals surface area contributed by atoms with Crippen LogP contribution in [0.2, 0.25) is 0 Å². The second kappa shape index (κ2) is 26.1. The number of anilines is 6. The maximum Gasteiger partial charge on any atom is 0.290 e. The van der Waals surface area contributed by atoms with Crippen molar-refractivity contribution >= 4 is 215 Å². The minimum atomic E-state index is -0.207. The van der Waals surface area contributed by atoms with Crippen molar-refractivity contribution < 1.29 is 27.1 Å². The van der Waals surface area contributed by atoms with Crippen LogP contribution in [0.15, 0.2) is 406 Å². The highest BCUT2D eigenvalue weighted by Crippen LogP contribution is 2.52. The molecule has 0 saturated heterocycles. The molecule has 10 heterocycles. The third-order valence-corrected chi connectivity index (χ3v) is 24.8. The fraction of sp³-hybridized carbons (Fsp3) is 0. The number of furan rings is 4. The highest BCUT2D eigenvalue weighted by Gasteiger charge is 2.49. The highest BCUT2D eigenvalue weighted by molar-refractivity contribution is 7.13. The molecule has 10 nitrogen and oxygen atoms in total. The van der Waals surface area contributed by atoms with E-state index in [4.69, 9.17) is 27.1 Å². The lowest BCUT2D eigenvalue weighted by atomic mass is 9.24. The Hall–Kier alpha value is -15.3. The first-order valence-corrected chi connectivity index (χ1v) is 40.3. The number of fused-ring (bicyclic) bond motifs is 22. The van der Waals surface area contributed by atoms with E-state index in [0.29, 0.717) is 0 Å². The van der Waals surface area contributed by atoms with Gasteiger partial charge in [-0.15, -0.1) is 0 Å². The SMILES string of the molecule is c1ccc2c(c1)Oc1ccccc1N2c1ccc(B2c3oc4ccccc4c3B(c3ccc(N4c5ccccc5Oc5ccccc54)cc3)c3oc4ccccc4c32)cc1.c1ccc2c3c(oc2c1)B(c1ccc(-n2c4ccccc4c4ccccc42)cc1)c1c(oc2ccccc12)B3c1ccc(-n2c3ccccc3c3ccccc32)cc1. The maximum atomic E-state index is 7.03. The molecule has 14 heteroatoms. The molecule has 0 aliphatic carbocycles. The highest BCUT2D eigenvalue weighted by atomic mass is 16.5. The molecule has 0 atom stereocenters. The van der Waals surface area contributed by atoms with Gasteiger partial charge in [0, 0.05) is 65.8 Å². The number of benzene rings is 16. The van der Waals surface area contributed by atoms with E-state index in [0.717, 1.165) is 168 Å². The second-order valence-electron chi connectivity index (χ2n) is 31.1. The zero-order chi connectivity index (χ0) is 77.2. The van der Waals surface area contributed by atoms with Gasteiger partial charge in [-0.25, -0.2) is 0 Å². The molecule has 0 saturated carbocycles. The maximum absolute atomic E-state index is 7.03. The van der Waals surface area contributed by atoms with Gasteiger partial charge in [0.15, 0.2) is 23.0 Å². The number of hydrogen-bond donors (Lipinski definition) is 0. The number of rotatable bonds is 8. The lowest BCUT2D eigenvalue weighted by molar-refractivity contribution is 0.477. The smallest absolute Gasteiger partial charge is 0.290 e. The molecule has 0 N–H and O–H groups in total. The predicted molar refractivity (Wildman–Crippen MR) is 487 cm³/mol. The van der Waals surface area contributed by atoms with Crippen molar-refractivity contribution in [3.05, 3.63) is 388 Å². The van der Waals surface area contributed by atoms with Gasteiger partial charge >= 0.3 is 0 Å². The molecular formula is C104H64B4N4O6. The summed E-state index contributed by atoms with van der Waals surface area (Å²) in [5, 5.41) is 9.43. The summed E-state index contributed by atoms with van der Waals surface area (Å²) in [6.07, 6.45) is 0. The largest absolute Gasteiger partial charge is 0.471 e. The van der Waals surface area contributed by atoms with E-state index in [-0.39, 0.29) is 26.9 Å². The van der Waals surface area contributed by atoms with Crippen LogP contribution in [-0.4, -0.2) is 36.0 Å². The third kappa shape index (κ3) is 9.99. The Bertz CT molecular complexity index is 7170. The zero-order valence-corrected chi connectivity index (χ0v) is 63.5. The lowest BCUT2D eigenvalue weighted by Crippen LogP contribution is -2.73. The Kier molecular flexibility index (Phi) is 14.7. The van der Waals surface area contributed by atoms with Gasteiger partial charge in [0.1, 0.15) is 22.3 Å². The second-order valence-corrected chi connectivity index (χ2v) is 31.1. The monoisotopic (exact) mass is 1510 g/mol. The van der Waals surface area contributed by atoms with Crippen molar-refractivity contribution in [3.63, 3.8) is 0 Å². The number of para-hydroxylation sites is 16. The van der Waals surface area contributed by atoms with Gasteiger partial charge in [0.25, 0.3) is 26.9 Å². The average molecular weight is 1510 g/mol. The number of aromatic nitrogens is 2. The van der Waals surface area contributed by atoms with Crippen LogP contribution >= 0.6 is 0 Å². The summed E-state index contributed by atoms with van der Waals surface area (Å²) in [7, 11) is 0. The minimum Gasteiger partial charge on any atom is -0.471 e. The first-order valence-electron chi connectivity index (χ1n) is 40.3. The van der Waals surface area contributed by atoms with E-state index < -0.39 is 0 Å². The van der Waals surface area contributed by atoms with E-state index in [2.05, 4.69) is 347 Å². The van der Waals surface area contributed by atoms with E-state index in [1.807, 2.05) is 60.7 Å². The van der Waals surface area contributed by atoms with Crippen molar-refractivity contribution in [1.29, 1.82) is 0 Å². The molecule has 4 aliphatic rings. The molecule has 0 radical (unpaired) electrons. The van der Waals surface area contributed by atoms with Crippen LogP contribution in [0.4, 0.5) is 34.1 Å². The predicted octanol–water partition coefficient (Wildman–Crippen LogP) is 18.4. The van der Waals surface area contributed by atoms with Crippen LogP contribution in [-0.2, 0) is 0 Å². The fourth-order valence-corrected chi connectivity index (χ4v) is 19.8. The summed E-state index contributed by atoms with van der Waals surface area (Å²) in [5.74, 6) is 3.31. The van der Waals surface area contributed by atoms with Gasteiger partial charge in [0.2, 0.25) is 0 Å². The van der Waals surface area contributed by atoms with E-state index in [1.165, 1.54) is 54.5 Å². The van der Waals surface area contributed by atoms with Crippen molar-refractivity contribution in [1.82, 2.24) is 9.13 Å². The number of ether oxygens (including phenoxy) is 2. The molecule has 26 rings (SSSR count). The van der Waals surface area contributed by atoms with E-state index in [9.17, 15) is 0 Å². The molecule has 0 bridgehead atoms. The summed E-state index contributed by atoms with van der Waals surface area (Å²) in [6.45, 7) is -0.745. The summed E-state index contributed by atoms with van der Waals surface area (Å²) in [5.41, 5.74) is 29.7. The Morgan fingerprint density at radius 3 is 0.636 bits per heavy atom. The van der Waals surface area contributed by atoms with Crippen LogP contribution in [0.3, 0.4) is 0 Å². The van der Waals surface area contributed by atoms with Crippen molar-refractivity contribution in [3.8, 4) is 34.4 Å². The molecule has 0 amide bonds. The van der Waals surface area contributed by atoms with Gasteiger partial charge in [0.05, 0.1) is 67.5 Å². The molecule has 22 aromatic rings. The van der Waals surface area contributed by atoms with Crippen LogP contribution < -0.4 is 85.6 Å². The van der Waals surface area contributed by atoms with Crippen molar-refractivity contribution in [2.45, 2.75) is 0 Å². The average Bonchev–Trinajstić information content (AvgIpc) is 1.54. The quantitative estimate of drug-likeness (QED) is 0.139. The molecular weight excluding hydrogens is 1440 g/mol. The van der Waals surface area contributed by atoms with Gasteiger partial charge in [-0.1, -0.05) is 265 Å². The van der Waals surface area contributed by atoms with Crippen LogP contribution in [0.1, 0.15) is 0 Å². The summed E-state index contributed by atoms with van der Waals surface area (Å²) in [6, 6.07) is 137. The molecule has 118 heavy (non-hydrogen) atoms. The van der Waals surface area contributed by atoms with Gasteiger partial charge < -0.3 is 46.1 Å². The summed E-state index contributed by atoms with van der Waals surface area (Å²) >= 11 is 0. The Morgan fingerprint density at radius 2 is 0.381 bits per heavy atom. The summed E-state index contributed by atoms with van der Waals surface area (Å²) < 4.78 is 45.5. The third-order valence-electron chi connectivity index (χ3n) is 24.8. The van der Waals surface area contributed by atoms with Gasteiger partial charge in [-0.05, 0) is 167 Å². The summed E-state index contributed by atoms with van der Waals surface area (Å²) in [4.78, 5) is 4.55.